The summed E-state index contributed by atoms with van der Waals surface area (Å²) in [5.41, 5.74) is 1.20. The van der Waals surface area contributed by atoms with Crippen LogP contribution in [0.4, 0.5) is 24.7 Å². The number of halogens is 6. The number of nitrogens with one attached hydrogen (secondary N) is 1. The number of hydrogen-bond acceptors (Lipinski definition) is 8. The summed E-state index contributed by atoms with van der Waals surface area (Å²) in [6, 6.07) is 18.8. The summed E-state index contributed by atoms with van der Waals surface area (Å²) in [4.78, 5) is 63.8. The molecule has 56 heavy (non-hydrogen) atoms. The van der Waals surface area contributed by atoms with Crippen LogP contribution in [0.25, 0.3) is 0 Å². The molecule has 288 valence electrons. The molecule has 1 saturated carbocycles. The lowest BCUT2D eigenvalue weighted by molar-refractivity contribution is -0.139. The van der Waals surface area contributed by atoms with Gasteiger partial charge < -0.3 is 9.84 Å². The highest BCUT2D eigenvalue weighted by Crippen LogP contribution is 2.65. The second-order valence-electron chi connectivity index (χ2n) is 14.0. The Morgan fingerprint density at radius 2 is 1.70 bits per heavy atom. The third-order valence-corrected chi connectivity index (χ3v) is 12.5. The van der Waals surface area contributed by atoms with Gasteiger partial charge in [0.1, 0.15) is 0 Å². The summed E-state index contributed by atoms with van der Waals surface area (Å²) in [5, 5.41) is 12.5. The fourth-order valence-electron chi connectivity index (χ4n) is 9.02. The summed E-state index contributed by atoms with van der Waals surface area (Å²) in [6.07, 6.45) is -2.33. The van der Waals surface area contributed by atoms with Crippen molar-refractivity contribution in [1.29, 1.82) is 0 Å². The first-order chi connectivity index (χ1) is 26.7. The number of pyridine rings is 1. The van der Waals surface area contributed by atoms with Gasteiger partial charge in [-0.3, -0.25) is 29.5 Å². The average Bonchev–Trinajstić information content (AvgIpc) is 3.54. The predicted molar refractivity (Wildman–Crippen MR) is 208 cm³/mol. The van der Waals surface area contributed by atoms with E-state index in [1.165, 1.54) is 4.90 Å². The number of benzene rings is 3. The van der Waals surface area contributed by atoms with Crippen molar-refractivity contribution in [3.8, 4) is 11.5 Å². The van der Waals surface area contributed by atoms with Crippen LogP contribution in [-0.4, -0.2) is 45.3 Å². The topological polar surface area (TPSA) is 129 Å². The standard InChI is InChI=1S/C40H30Cl2F3IN4O6/c1-2-56-30-5-3-4-26(33(30)51)32-24-14-15-25-31(37(54)49(35(25)52)23-12-10-22(46)11-13-23)27(24)17-28-36(53)50(38(55)39(28,32)19-6-8-21(41)9-7-19)48-34-29(42)16-20(18-47-34)40(43,44)45/h3-14,16,18,25,27-28,31-32,51H,2,15,17H2,1H3,(H,47,48). The lowest BCUT2D eigenvalue weighted by atomic mass is 9.49. The second kappa shape index (κ2) is 14.1. The number of fused-ring (bicyclic) bond motifs is 4. The predicted octanol–water partition coefficient (Wildman–Crippen LogP) is 8.31. The first kappa shape index (κ1) is 38.2. The summed E-state index contributed by atoms with van der Waals surface area (Å²) in [5.74, 6) is -7.78. The number of anilines is 2. The maximum absolute atomic E-state index is 15.4. The van der Waals surface area contributed by atoms with Crippen molar-refractivity contribution in [3.05, 3.63) is 121 Å². The van der Waals surface area contributed by atoms with E-state index in [1.54, 1.807) is 73.7 Å². The number of hydrazine groups is 1. The van der Waals surface area contributed by atoms with Crippen molar-refractivity contribution in [2.45, 2.75) is 37.3 Å². The molecule has 2 aliphatic carbocycles. The van der Waals surface area contributed by atoms with Crippen molar-refractivity contribution in [2.75, 3.05) is 16.9 Å². The Bertz CT molecular complexity index is 2340. The Morgan fingerprint density at radius 3 is 2.36 bits per heavy atom. The molecule has 0 bridgehead atoms. The number of imide groups is 2. The van der Waals surface area contributed by atoms with Crippen LogP contribution >= 0.6 is 45.8 Å². The normalized spacial score (nSPS) is 25.8. The highest BCUT2D eigenvalue weighted by molar-refractivity contribution is 14.1. The molecule has 1 aromatic heterocycles. The van der Waals surface area contributed by atoms with Crippen LogP contribution < -0.4 is 15.1 Å². The van der Waals surface area contributed by atoms with Crippen molar-refractivity contribution >= 4 is 80.9 Å². The average molecular weight is 918 g/mol. The molecule has 2 N–H and O–H groups in total. The molecule has 3 heterocycles. The van der Waals surface area contributed by atoms with Gasteiger partial charge in [-0.05, 0) is 102 Å². The number of aromatic hydroxyl groups is 1. The molecule has 4 amide bonds. The Balaban J connectivity index is 1.33. The molecule has 0 radical (unpaired) electrons. The summed E-state index contributed by atoms with van der Waals surface area (Å²) in [6.45, 7) is 1.94. The molecule has 0 spiro atoms. The van der Waals surface area contributed by atoms with E-state index < -0.39 is 69.5 Å². The number of aromatic nitrogens is 1. The largest absolute Gasteiger partial charge is 0.504 e. The molecule has 3 aromatic carbocycles. The van der Waals surface area contributed by atoms with E-state index in [-0.39, 0.29) is 48.2 Å². The highest BCUT2D eigenvalue weighted by Gasteiger charge is 2.71. The van der Waals surface area contributed by atoms with E-state index in [4.69, 9.17) is 27.9 Å². The molecule has 8 rings (SSSR count). The van der Waals surface area contributed by atoms with Gasteiger partial charge in [-0.15, -0.1) is 0 Å². The lowest BCUT2D eigenvalue weighted by Gasteiger charge is -2.50. The molecule has 16 heteroatoms. The van der Waals surface area contributed by atoms with Gasteiger partial charge in [0.15, 0.2) is 17.3 Å². The maximum atomic E-state index is 15.4. The van der Waals surface area contributed by atoms with E-state index in [1.807, 2.05) is 6.08 Å². The molecular formula is C40H30Cl2F3IN4O6. The molecule has 3 fully saturated rings. The number of carbonyl (C=O) groups excluding carboxylic acids is 4. The van der Waals surface area contributed by atoms with E-state index in [2.05, 4.69) is 33.0 Å². The molecule has 6 atom stereocenters. The fraction of sp³-hybridized carbons (Fsp3) is 0.275. The fourth-order valence-corrected chi connectivity index (χ4v) is 9.71. The Kier molecular flexibility index (Phi) is 9.60. The molecule has 6 unspecified atom stereocenters. The van der Waals surface area contributed by atoms with Crippen LogP contribution in [0.15, 0.2) is 90.6 Å². The zero-order valence-corrected chi connectivity index (χ0v) is 32.9. The summed E-state index contributed by atoms with van der Waals surface area (Å²) >= 11 is 14.7. The van der Waals surface area contributed by atoms with Gasteiger partial charge in [0.2, 0.25) is 11.8 Å². The van der Waals surface area contributed by atoms with Gasteiger partial charge in [0.25, 0.3) is 11.8 Å². The van der Waals surface area contributed by atoms with Gasteiger partial charge >= 0.3 is 6.18 Å². The van der Waals surface area contributed by atoms with Gasteiger partial charge in [-0.25, -0.2) is 4.98 Å². The van der Waals surface area contributed by atoms with Crippen LogP contribution in [0, 0.1) is 27.2 Å². The SMILES string of the molecule is CCOc1cccc(C2C3=CCC4C(=O)N(c5ccc(I)cc5)C(=O)C4C3CC3C(=O)N(Nc4ncc(C(F)(F)F)cc4Cl)C(=O)C32c2ccc(Cl)cc2)c1O. The number of phenolic OH excluding ortho intramolecular Hbond substituents is 1. The Hall–Kier alpha value is -4.67. The molecule has 4 aromatic rings. The number of ether oxygens (including phenoxy) is 1. The second-order valence-corrected chi connectivity index (χ2v) is 16.1. The number of hydrogen-bond donors (Lipinski definition) is 2. The minimum absolute atomic E-state index is 0.0749. The number of rotatable bonds is 7. The van der Waals surface area contributed by atoms with Crippen LogP contribution in [0.2, 0.25) is 10.0 Å². The van der Waals surface area contributed by atoms with Gasteiger partial charge in [-0.1, -0.05) is 59.1 Å². The zero-order valence-electron chi connectivity index (χ0n) is 29.2. The molecule has 2 saturated heterocycles. The van der Waals surface area contributed by atoms with Crippen LogP contribution in [0.5, 0.6) is 11.5 Å². The van der Waals surface area contributed by atoms with Crippen molar-refractivity contribution in [3.63, 3.8) is 0 Å². The molecule has 2 aliphatic heterocycles. The quantitative estimate of drug-likeness (QED) is 0.108. The number of para-hydroxylation sites is 1. The highest BCUT2D eigenvalue weighted by atomic mass is 127. The van der Waals surface area contributed by atoms with Gasteiger partial charge in [-0.2, -0.15) is 18.2 Å². The van der Waals surface area contributed by atoms with Crippen molar-refractivity contribution < 1.29 is 42.2 Å². The van der Waals surface area contributed by atoms with E-state index in [0.29, 0.717) is 39.1 Å². The molecule has 10 nitrogen and oxygen atoms in total. The number of carbonyl (C=O) groups is 4. The van der Waals surface area contributed by atoms with E-state index in [0.717, 1.165) is 3.57 Å². The van der Waals surface area contributed by atoms with Crippen LogP contribution in [0.1, 0.15) is 42.4 Å². The zero-order chi connectivity index (χ0) is 39.8. The third-order valence-electron chi connectivity index (χ3n) is 11.3. The maximum Gasteiger partial charge on any atom is 0.417 e. The number of alkyl halides is 3. The monoisotopic (exact) mass is 916 g/mol. The number of phenols is 1. The lowest BCUT2D eigenvalue weighted by Crippen LogP contribution is -2.53. The minimum Gasteiger partial charge on any atom is -0.504 e. The number of amides is 4. The number of nitrogens with zero attached hydrogens (tertiary/aromatic N) is 3. The summed E-state index contributed by atoms with van der Waals surface area (Å²) < 4.78 is 47.2. The Morgan fingerprint density at radius 1 is 0.982 bits per heavy atom. The Labute approximate surface area is 341 Å². The first-order valence-electron chi connectivity index (χ1n) is 17.6. The van der Waals surface area contributed by atoms with Crippen LogP contribution in [-0.2, 0) is 30.8 Å². The smallest absolute Gasteiger partial charge is 0.417 e. The van der Waals surface area contributed by atoms with Gasteiger partial charge in [0, 0.05) is 26.3 Å². The molecular weight excluding hydrogens is 887 g/mol. The third kappa shape index (κ3) is 5.85. The van der Waals surface area contributed by atoms with Crippen LogP contribution in [0.3, 0.4) is 0 Å². The van der Waals surface area contributed by atoms with Crippen molar-refractivity contribution in [1.82, 2.24) is 9.99 Å². The van der Waals surface area contributed by atoms with E-state index >= 15 is 4.79 Å². The van der Waals surface area contributed by atoms with Gasteiger partial charge in [0.05, 0.1) is 46.0 Å². The van der Waals surface area contributed by atoms with E-state index in [9.17, 15) is 32.7 Å². The number of allylic oxidation sites excluding steroid dienone is 2. The summed E-state index contributed by atoms with van der Waals surface area (Å²) in [7, 11) is 0. The van der Waals surface area contributed by atoms with Crippen molar-refractivity contribution in [2.24, 2.45) is 23.7 Å². The minimum atomic E-state index is -4.76. The molecule has 4 aliphatic rings. The first-order valence-corrected chi connectivity index (χ1v) is 19.4.